The lowest BCUT2D eigenvalue weighted by atomic mass is 10.2. The molecular weight excluding hydrogens is 182 g/mol. The molecule has 2 heterocycles. The Bertz CT molecular complexity index is 429. The minimum Gasteiger partial charge on any atom is -0.337 e. The van der Waals surface area contributed by atoms with Crippen LogP contribution in [-0.4, -0.2) is 15.0 Å². The highest BCUT2D eigenvalue weighted by molar-refractivity contribution is 7.71. The molecule has 0 saturated carbocycles. The van der Waals surface area contributed by atoms with Gasteiger partial charge in [0.2, 0.25) is 0 Å². The molecule has 0 spiro atoms. The third kappa shape index (κ3) is 1.78. The number of nitrogens with one attached hydrogen (secondary N) is 1. The number of aromatic amines is 1. The van der Waals surface area contributed by atoms with Gasteiger partial charge in [0.05, 0.1) is 5.69 Å². The number of pyridine rings is 1. The maximum atomic E-state index is 4.83. The molecule has 2 rings (SSSR count). The minimum absolute atomic E-state index is 0.486. The van der Waals surface area contributed by atoms with Crippen molar-refractivity contribution in [3.8, 4) is 11.3 Å². The van der Waals surface area contributed by atoms with Gasteiger partial charge in [0.15, 0.2) is 4.77 Å². The van der Waals surface area contributed by atoms with E-state index in [1.807, 2.05) is 18.2 Å². The van der Waals surface area contributed by atoms with E-state index in [0.717, 1.165) is 11.3 Å². The summed E-state index contributed by atoms with van der Waals surface area (Å²) in [4.78, 5) is 11.0. The second-order valence-electron chi connectivity index (χ2n) is 2.52. The molecular formula is C9H7N3S. The fourth-order valence-corrected chi connectivity index (χ4v) is 1.13. The smallest absolute Gasteiger partial charge is 0.196 e. The van der Waals surface area contributed by atoms with Crippen molar-refractivity contribution in [2.24, 2.45) is 0 Å². The second-order valence-corrected chi connectivity index (χ2v) is 2.91. The van der Waals surface area contributed by atoms with Crippen molar-refractivity contribution in [3.63, 3.8) is 0 Å². The number of rotatable bonds is 1. The zero-order chi connectivity index (χ0) is 9.10. The zero-order valence-corrected chi connectivity index (χ0v) is 7.58. The molecule has 0 radical (unpaired) electrons. The molecule has 3 nitrogen and oxygen atoms in total. The van der Waals surface area contributed by atoms with E-state index >= 15 is 0 Å². The van der Waals surface area contributed by atoms with Crippen LogP contribution in [0.15, 0.2) is 36.8 Å². The van der Waals surface area contributed by atoms with Crippen LogP contribution in [0.1, 0.15) is 0 Å². The van der Waals surface area contributed by atoms with Crippen LogP contribution in [-0.2, 0) is 0 Å². The molecule has 1 N–H and O–H groups in total. The van der Waals surface area contributed by atoms with E-state index in [0.29, 0.717) is 4.77 Å². The third-order valence-corrected chi connectivity index (χ3v) is 1.86. The molecule has 64 valence electrons. The molecule has 13 heavy (non-hydrogen) atoms. The number of nitrogens with zero attached hydrogens (tertiary/aromatic N) is 2. The highest BCUT2D eigenvalue weighted by Gasteiger charge is 1.95. The lowest BCUT2D eigenvalue weighted by molar-refractivity contribution is 1.13. The summed E-state index contributed by atoms with van der Waals surface area (Å²) in [5.74, 6) is 0. The van der Waals surface area contributed by atoms with Gasteiger partial charge >= 0.3 is 0 Å². The number of hydrogen-bond acceptors (Lipinski definition) is 3. The van der Waals surface area contributed by atoms with Crippen LogP contribution in [0.5, 0.6) is 0 Å². The van der Waals surface area contributed by atoms with Crippen LogP contribution in [0, 0.1) is 4.77 Å². The van der Waals surface area contributed by atoms with E-state index in [4.69, 9.17) is 12.2 Å². The molecule has 2 aromatic heterocycles. The fraction of sp³-hybridized carbons (Fsp3) is 0. The highest BCUT2D eigenvalue weighted by Crippen LogP contribution is 2.12. The van der Waals surface area contributed by atoms with E-state index in [-0.39, 0.29) is 0 Å². The summed E-state index contributed by atoms with van der Waals surface area (Å²) in [5.41, 5.74) is 1.83. The van der Waals surface area contributed by atoms with Crippen LogP contribution in [0.3, 0.4) is 0 Å². The van der Waals surface area contributed by atoms with Gasteiger partial charge in [0, 0.05) is 24.2 Å². The lowest BCUT2D eigenvalue weighted by Crippen LogP contribution is -1.85. The van der Waals surface area contributed by atoms with E-state index in [1.54, 1.807) is 18.6 Å². The average Bonchev–Trinajstić information content (AvgIpc) is 2.20. The Labute approximate surface area is 80.5 Å². The molecule has 0 aliphatic rings. The first kappa shape index (κ1) is 8.07. The topological polar surface area (TPSA) is 41.6 Å². The van der Waals surface area contributed by atoms with Crippen molar-refractivity contribution < 1.29 is 0 Å². The van der Waals surface area contributed by atoms with Gasteiger partial charge < -0.3 is 4.98 Å². The largest absolute Gasteiger partial charge is 0.337 e. The highest BCUT2D eigenvalue weighted by atomic mass is 32.1. The Hall–Kier alpha value is -1.55. The van der Waals surface area contributed by atoms with Gasteiger partial charge in [-0.25, -0.2) is 4.98 Å². The summed E-state index contributed by atoms with van der Waals surface area (Å²) >= 11 is 4.83. The summed E-state index contributed by atoms with van der Waals surface area (Å²) in [7, 11) is 0. The molecule has 0 fully saturated rings. The average molecular weight is 189 g/mol. The monoisotopic (exact) mass is 189 g/mol. The van der Waals surface area contributed by atoms with E-state index in [9.17, 15) is 0 Å². The summed E-state index contributed by atoms with van der Waals surface area (Å²) < 4.78 is 0.486. The molecule has 0 atom stereocenters. The predicted molar refractivity (Wildman–Crippen MR) is 52.7 cm³/mol. The molecule has 0 bridgehead atoms. The lowest BCUT2D eigenvalue weighted by Gasteiger charge is -1.97. The SMILES string of the molecule is S=c1ncc(-c2ccccn2)c[nH]1. The quantitative estimate of drug-likeness (QED) is 0.699. The molecule has 2 aromatic rings. The van der Waals surface area contributed by atoms with Crippen LogP contribution >= 0.6 is 12.2 Å². The predicted octanol–water partition coefficient (Wildman–Crippen LogP) is 2.20. The van der Waals surface area contributed by atoms with E-state index in [1.165, 1.54) is 0 Å². The summed E-state index contributed by atoms with van der Waals surface area (Å²) in [6.07, 6.45) is 5.26. The zero-order valence-electron chi connectivity index (χ0n) is 6.77. The Morgan fingerprint density at radius 3 is 2.77 bits per heavy atom. The summed E-state index contributed by atoms with van der Waals surface area (Å²) in [6.45, 7) is 0. The van der Waals surface area contributed by atoms with Gasteiger partial charge in [0.1, 0.15) is 0 Å². The van der Waals surface area contributed by atoms with Gasteiger partial charge in [-0.05, 0) is 24.4 Å². The van der Waals surface area contributed by atoms with Gasteiger partial charge in [-0.15, -0.1) is 0 Å². The Morgan fingerprint density at radius 1 is 1.23 bits per heavy atom. The van der Waals surface area contributed by atoms with E-state index < -0.39 is 0 Å². The van der Waals surface area contributed by atoms with Crippen LogP contribution in [0.25, 0.3) is 11.3 Å². The van der Waals surface area contributed by atoms with Crippen molar-refractivity contribution >= 4 is 12.2 Å². The van der Waals surface area contributed by atoms with Crippen molar-refractivity contribution in [2.75, 3.05) is 0 Å². The third-order valence-electron chi connectivity index (χ3n) is 1.63. The number of H-pyrrole nitrogens is 1. The first-order valence-electron chi connectivity index (χ1n) is 3.82. The van der Waals surface area contributed by atoms with Crippen LogP contribution < -0.4 is 0 Å². The molecule has 0 amide bonds. The number of hydrogen-bond donors (Lipinski definition) is 1. The van der Waals surface area contributed by atoms with Crippen LogP contribution in [0.4, 0.5) is 0 Å². The van der Waals surface area contributed by atoms with Crippen molar-refractivity contribution in [2.45, 2.75) is 0 Å². The first-order valence-corrected chi connectivity index (χ1v) is 4.23. The first-order chi connectivity index (χ1) is 6.36. The van der Waals surface area contributed by atoms with Gasteiger partial charge in [-0.3, -0.25) is 4.98 Å². The molecule has 0 aromatic carbocycles. The standard InChI is InChI=1S/C9H7N3S/c13-9-11-5-7(6-12-9)8-3-1-2-4-10-8/h1-6H,(H,11,12,13). The maximum Gasteiger partial charge on any atom is 0.196 e. The normalized spacial score (nSPS) is 9.85. The number of aromatic nitrogens is 3. The second kappa shape index (κ2) is 3.45. The molecule has 4 heteroatoms. The van der Waals surface area contributed by atoms with Crippen molar-refractivity contribution in [1.29, 1.82) is 0 Å². The molecule has 0 aliphatic carbocycles. The Morgan fingerprint density at radius 2 is 2.15 bits per heavy atom. The summed E-state index contributed by atoms with van der Waals surface area (Å²) in [6, 6.07) is 5.74. The molecule has 0 unspecified atom stereocenters. The van der Waals surface area contributed by atoms with Crippen LogP contribution in [0.2, 0.25) is 0 Å². The van der Waals surface area contributed by atoms with Gasteiger partial charge in [-0.1, -0.05) is 6.07 Å². The maximum absolute atomic E-state index is 4.83. The van der Waals surface area contributed by atoms with Crippen molar-refractivity contribution in [3.05, 3.63) is 41.6 Å². The minimum atomic E-state index is 0.486. The fourth-order valence-electron chi connectivity index (χ4n) is 1.02. The Balaban J connectivity index is 2.48. The van der Waals surface area contributed by atoms with Gasteiger partial charge in [-0.2, -0.15) is 0 Å². The molecule has 0 aliphatic heterocycles. The van der Waals surface area contributed by atoms with Crippen molar-refractivity contribution in [1.82, 2.24) is 15.0 Å². The van der Waals surface area contributed by atoms with Gasteiger partial charge in [0.25, 0.3) is 0 Å². The van der Waals surface area contributed by atoms with E-state index in [2.05, 4.69) is 15.0 Å². The molecule has 0 saturated heterocycles. The summed E-state index contributed by atoms with van der Waals surface area (Å²) in [5, 5.41) is 0. The Kier molecular flexibility index (Phi) is 2.14.